The van der Waals surface area contributed by atoms with Gasteiger partial charge in [0.1, 0.15) is 5.82 Å². The first-order chi connectivity index (χ1) is 8.46. The maximum absolute atomic E-state index is 12.8. The van der Waals surface area contributed by atoms with Crippen LogP contribution >= 0.6 is 0 Å². The van der Waals surface area contributed by atoms with Gasteiger partial charge in [-0.3, -0.25) is 4.79 Å². The maximum Gasteiger partial charge on any atom is 0.324 e. The van der Waals surface area contributed by atoms with Crippen molar-refractivity contribution in [2.45, 2.75) is 23.0 Å². The minimum Gasteiger partial charge on any atom is -0.468 e. The van der Waals surface area contributed by atoms with Crippen molar-refractivity contribution in [2.75, 3.05) is 7.11 Å². The first-order valence-corrected chi connectivity index (χ1v) is 7.08. The van der Waals surface area contributed by atoms with Gasteiger partial charge >= 0.3 is 5.97 Å². The summed E-state index contributed by atoms with van der Waals surface area (Å²) in [5.74, 6) is -1.45. The van der Waals surface area contributed by atoms with Crippen molar-refractivity contribution < 1.29 is 22.3 Å². The van der Waals surface area contributed by atoms with Gasteiger partial charge in [0.05, 0.1) is 12.0 Å². The summed E-state index contributed by atoms with van der Waals surface area (Å²) in [5, 5.41) is -1.17. The van der Waals surface area contributed by atoms with Crippen LogP contribution in [0.5, 0.6) is 0 Å². The molecule has 0 N–H and O–H groups in total. The van der Waals surface area contributed by atoms with E-state index in [0.717, 1.165) is 19.2 Å². The number of ether oxygens (including phenoxy) is 1. The molecule has 0 radical (unpaired) electrons. The van der Waals surface area contributed by atoms with Crippen molar-refractivity contribution in [3.63, 3.8) is 0 Å². The van der Waals surface area contributed by atoms with E-state index in [0.29, 0.717) is 12.8 Å². The van der Waals surface area contributed by atoms with Gasteiger partial charge in [-0.25, -0.2) is 12.8 Å². The van der Waals surface area contributed by atoms with Crippen molar-refractivity contribution in [1.82, 2.24) is 0 Å². The lowest BCUT2D eigenvalue weighted by Gasteiger charge is -2.14. The zero-order chi connectivity index (χ0) is 13.3. The van der Waals surface area contributed by atoms with Crippen LogP contribution in [-0.2, 0) is 19.4 Å². The standard InChI is InChI=1S/C12H13FO4S/c1-17-12(14)11(8-2-3-8)18(15,16)10-6-4-9(13)5-7-10/h4-8,11H,2-3H2,1H3. The number of halogens is 1. The summed E-state index contributed by atoms with van der Waals surface area (Å²) in [5.41, 5.74) is 0. The Hall–Kier alpha value is -1.43. The van der Waals surface area contributed by atoms with Crippen molar-refractivity contribution in [2.24, 2.45) is 5.92 Å². The Kier molecular flexibility index (Phi) is 3.38. The second kappa shape index (κ2) is 4.68. The first kappa shape index (κ1) is 13.0. The largest absolute Gasteiger partial charge is 0.468 e. The molecule has 2 rings (SSSR count). The Morgan fingerprint density at radius 1 is 1.33 bits per heavy atom. The molecule has 1 aromatic rings. The first-order valence-electron chi connectivity index (χ1n) is 5.54. The molecule has 4 nitrogen and oxygen atoms in total. The van der Waals surface area contributed by atoms with E-state index in [1.807, 2.05) is 0 Å². The topological polar surface area (TPSA) is 60.4 Å². The van der Waals surface area contributed by atoms with Crippen LogP contribution in [0.25, 0.3) is 0 Å². The van der Waals surface area contributed by atoms with Crippen LogP contribution in [0.2, 0.25) is 0 Å². The monoisotopic (exact) mass is 272 g/mol. The highest BCUT2D eigenvalue weighted by Gasteiger charge is 2.46. The Balaban J connectivity index is 2.39. The Morgan fingerprint density at radius 2 is 1.89 bits per heavy atom. The average Bonchev–Trinajstić information content (AvgIpc) is 3.13. The van der Waals surface area contributed by atoms with Gasteiger partial charge in [0.15, 0.2) is 15.1 Å². The van der Waals surface area contributed by atoms with E-state index < -0.39 is 26.9 Å². The predicted molar refractivity (Wildman–Crippen MR) is 62.1 cm³/mol. The number of hydrogen-bond acceptors (Lipinski definition) is 4. The van der Waals surface area contributed by atoms with Crippen LogP contribution in [0.4, 0.5) is 4.39 Å². The molecule has 1 saturated carbocycles. The molecule has 1 aliphatic carbocycles. The van der Waals surface area contributed by atoms with Crippen molar-refractivity contribution in [3.8, 4) is 0 Å². The van der Waals surface area contributed by atoms with Gasteiger partial charge in [0.25, 0.3) is 0 Å². The molecule has 1 unspecified atom stereocenters. The minimum atomic E-state index is -3.81. The third kappa shape index (κ3) is 2.38. The van der Waals surface area contributed by atoms with Gasteiger partial charge in [-0.1, -0.05) is 0 Å². The second-order valence-electron chi connectivity index (χ2n) is 4.28. The fourth-order valence-corrected chi connectivity index (χ4v) is 3.80. The molecule has 0 amide bonds. The lowest BCUT2D eigenvalue weighted by Crippen LogP contribution is -2.33. The Morgan fingerprint density at radius 3 is 2.33 bits per heavy atom. The van der Waals surface area contributed by atoms with E-state index in [4.69, 9.17) is 0 Å². The highest BCUT2D eigenvalue weighted by atomic mass is 32.2. The molecular formula is C12H13FO4S. The molecule has 1 atom stereocenters. The van der Waals surface area contributed by atoms with Crippen LogP contribution in [0.15, 0.2) is 29.2 Å². The fourth-order valence-electron chi connectivity index (χ4n) is 1.86. The summed E-state index contributed by atoms with van der Waals surface area (Å²) < 4.78 is 41.9. The number of hydrogen-bond donors (Lipinski definition) is 0. The highest BCUT2D eigenvalue weighted by Crippen LogP contribution is 2.39. The fraction of sp³-hybridized carbons (Fsp3) is 0.417. The SMILES string of the molecule is COC(=O)C(C1CC1)S(=O)(=O)c1ccc(F)cc1. The molecule has 18 heavy (non-hydrogen) atoms. The summed E-state index contributed by atoms with van der Waals surface area (Å²) in [6, 6.07) is 4.47. The molecular weight excluding hydrogens is 259 g/mol. The van der Waals surface area contributed by atoms with E-state index in [-0.39, 0.29) is 10.8 Å². The molecule has 1 aliphatic rings. The molecule has 0 aromatic heterocycles. The molecule has 0 aliphatic heterocycles. The van der Waals surface area contributed by atoms with Crippen LogP contribution in [0.1, 0.15) is 12.8 Å². The predicted octanol–water partition coefficient (Wildman–Crippen LogP) is 1.55. The molecule has 1 fully saturated rings. The number of methoxy groups -OCH3 is 1. The number of carbonyl (C=O) groups excluding carboxylic acids is 1. The summed E-state index contributed by atoms with van der Waals surface area (Å²) in [6.07, 6.45) is 1.39. The molecule has 0 saturated heterocycles. The van der Waals surface area contributed by atoms with Crippen molar-refractivity contribution in [3.05, 3.63) is 30.1 Å². The van der Waals surface area contributed by atoms with E-state index in [1.54, 1.807) is 0 Å². The zero-order valence-electron chi connectivity index (χ0n) is 9.80. The quantitative estimate of drug-likeness (QED) is 0.616. The van der Waals surface area contributed by atoms with Gasteiger partial charge in [-0.05, 0) is 43.0 Å². The van der Waals surface area contributed by atoms with Gasteiger partial charge in [-0.2, -0.15) is 0 Å². The number of carbonyl (C=O) groups is 1. The highest BCUT2D eigenvalue weighted by molar-refractivity contribution is 7.92. The molecule has 0 heterocycles. The van der Waals surface area contributed by atoms with Gasteiger partial charge < -0.3 is 4.74 Å². The van der Waals surface area contributed by atoms with E-state index in [2.05, 4.69) is 4.74 Å². The molecule has 6 heteroatoms. The number of sulfone groups is 1. The Bertz CT molecular complexity index is 546. The smallest absolute Gasteiger partial charge is 0.324 e. The molecule has 1 aromatic carbocycles. The van der Waals surface area contributed by atoms with Gasteiger partial charge in [-0.15, -0.1) is 0 Å². The normalized spacial score (nSPS) is 17.2. The van der Waals surface area contributed by atoms with Crippen molar-refractivity contribution in [1.29, 1.82) is 0 Å². The van der Waals surface area contributed by atoms with Gasteiger partial charge in [0, 0.05) is 0 Å². The third-order valence-electron chi connectivity index (χ3n) is 2.96. The number of rotatable bonds is 4. The van der Waals surface area contributed by atoms with E-state index in [1.165, 1.54) is 12.1 Å². The minimum absolute atomic E-state index is 0.0498. The number of benzene rings is 1. The van der Waals surface area contributed by atoms with E-state index in [9.17, 15) is 17.6 Å². The summed E-state index contributed by atoms with van der Waals surface area (Å²) in [6.45, 7) is 0. The lowest BCUT2D eigenvalue weighted by atomic mass is 10.3. The van der Waals surface area contributed by atoms with Gasteiger partial charge in [0.2, 0.25) is 0 Å². The molecule has 0 spiro atoms. The third-order valence-corrected chi connectivity index (χ3v) is 5.14. The van der Waals surface area contributed by atoms with Crippen LogP contribution in [0, 0.1) is 11.7 Å². The summed E-state index contributed by atoms with van der Waals surface area (Å²) in [4.78, 5) is 11.6. The average molecular weight is 272 g/mol. The summed E-state index contributed by atoms with van der Waals surface area (Å²) in [7, 11) is -2.64. The van der Waals surface area contributed by atoms with Crippen LogP contribution in [0.3, 0.4) is 0 Å². The molecule has 0 bridgehead atoms. The second-order valence-corrected chi connectivity index (χ2v) is 6.35. The Labute approximate surface area is 105 Å². The lowest BCUT2D eigenvalue weighted by molar-refractivity contribution is -0.140. The maximum atomic E-state index is 12.8. The summed E-state index contributed by atoms with van der Waals surface area (Å²) >= 11 is 0. The van der Waals surface area contributed by atoms with E-state index >= 15 is 0 Å². The van der Waals surface area contributed by atoms with Crippen LogP contribution in [-0.4, -0.2) is 26.7 Å². The molecule has 98 valence electrons. The number of esters is 1. The zero-order valence-corrected chi connectivity index (χ0v) is 10.6. The van der Waals surface area contributed by atoms with Crippen molar-refractivity contribution >= 4 is 15.8 Å². The van der Waals surface area contributed by atoms with Crippen LogP contribution < -0.4 is 0 Å².